The number of rotatable bonds is 3. The Morgan fingerprint density at radius 1 is 1.10 bits per heavy atom. The molecule has 0 radical (unpaired) electrons. The normalized spacial score (nSPS) is 18.0. The maximum atomic E-state index is 12.3. The van der Waals surface area contributed by atoms with Crippen LogP contribution in [0.15, 0.2) is 49.1 Å². The standard InChI is InChI=1S/C15H15N3O2/c19-15(12-1-6-16-7-2-12)18-10-5-14(11-18)20-13-3-8-17-9-4-13/h1-4,6-9,14H,5,10-11H2. The van der Waals surface area contributed by atoms with Crippen molar-refractivity contribution in [3.8, 4) is 5.75 Å². The Morgan fingerprint density at radius 2 is 1.75 bits per heavy atom. The molecule has 1 aliphatic heterocycles. The first-order valence-corrected chi connectivity index (χ1v) is 6.59. The molecule has 1 aliphatic rings. The molecule has 0 bridgehead atoms. The summed E-state index contributed by atoms with van der Waals surface area (Å²) in [7, 11) is 0. The first kappa shape index (κ1) is 12.6. The third-order valence-electron chi connectivity index (χ3n) is 3.31. The van der Waals surface area contributed by atoms with Crippen LogP contribution in [0.4, 0.5) is 0 Å². The lowest BCUT2D eigenvalue weighted by molar-refractivity contribution is 0.0772. The molecule has 1 unspecified atom stereocenters. The monoisotopic (exact) mass is 269 g/mol. The fraction of sp³-hybridized carbons (Fsp3) is 0.267. The van der Waals surface area contributed by atoms with Gasteiger partial charge in [0.1, 0.15) is 11.9 Å². The maximum Gasteiger partial charge on any atom is 0.254 e. The number of hydrogen-bond donors (Lipinski definition) is 0. The Balaban J connectivity index is 1.61. The van der Waals surface area contributed by atoms with Gasteiger partial charge in [0.05, 0.1) is 6.54 Å². The quantitative estimate of drug-likeness (QED) is 0.852. The van der Waals surface area contributed by atoms with Gasteiger partial charge in [0.15, 0.2) is 0 Å². The third-order valence-corrected chi connectivity index (χ3v) is 3.31. The number of ether oxygens (including phenoxy) is 1. The van der Waals surface area contributed by atoms with E-state index in [1.54, 1.807) is 36.9 Å². The van der Waals surface area contributed by atoms with Crippen molar-refractivity contribution in [2.75, 3.05) is 13.1 Å². The Kier molecular flexibility index (Phi) is 3.58. The van der Waals surface area contributed by atoms with E-state index in [1.165, 1.54) is 0 Å². The van der Waals surface area contributed by atoms with Crippen molar-refractivity contribution in [2.24, 2.45) is 0 Å². The lowest BCUT2D eigenvalue weighted by Crippen LogP contribution is -2.30. The molecule has 102 valence electrons. The van der Waals surface area contributed by atoms with E-state index >= 15 is 0 Å². The Labute approximate surface area is 117 Å². The Bertz CT molecular complexity index is 574. The predicted molar refractivity (Wildman–Crippen MR) is 73.4 cm³/mol. The van der Waals surface area contributed by atoms with Crippen molar-refractivity contribution in [2.45, 2.75) is 12.5 Å². The summed E-state index contributed by atoms with van der Waals surface area (Å²) in [4.78, 5) is 22.0. The summed E-state index contributed by atoms with van der Waals surface area (Å²) in [5.41, 5.74) is 0.671. The highest BCUT2D eigenvalue weighted by atomic mass is 16.5. The van der Waals surface area contributed by atoms with Gasteiger partial charge in [-0.25, -0.2) is 0 Å². The van der Waals surface area contributed by atoms with Gasteiger partial charge < -0.3 is 9.64 Å². The second-order valence-corrected chi connectivity index (χ2v) is 4.70. The fourth-order valence-corrected chi connectivity index (χ4v) is 2.30. The SMILES string of the molecule is O=C(c1ccncc1)N1CCC(Oc2ccncc2)C1. The van der Waals surface area contributed by atoms with Crippen LogP contribution in [0.2, 0.25) is 0 Å². The van der Waals surface area contributed by atoms with E-state index in [9.17, 15) is 4.79 Å². The minimum absolute atomic E-state index is 0.0354. The number of carbonyl (C=O) groups excluding carboxylic acids is 1. The van der Waals surface area contributed by atoms with E-state index in [1.807, 2.05) is 17.0 Å². The summed E-state index contributed by atoms with van der Waals surface area (Å²) in [6, 6.07) is 7.12. The lowest BCUT2D eigenvalue weighted by Gasteiger charge is -2.17. The van der Waals surface area contributed by atoms with E-state index in [0.29, 0.717) is 12.1 Å². The van der Waals surface area contributed by atoms with Crippen LogP contribution in [0, 0.1) is 0 Å². The molecule has 2 aromatic heterocycles. The first-order chi connectivity index (χ1) is 9.83. The Hall–Kier alpha value is -2.43. The lowest BCUT2D eigenvalue weighted by atomic mass is 10.2. The van der Waals surface area contributed by atoms with Crippen molar-refractivity contribution in [1.82, 2.24) is 14.9 Å². The molecule has 0 saturated carbocycles. The molecule has 1 amide bonds. The number of aromatic nitrogens is 2. The largest absolute Gasteiger partial charge is 0.488 e. The summed E-state index contributed by atoms with van der Waals surface area (Å²) in [5, 5.41) is 0. The molecular weight excluding hydrogens is 254 g/mol. The summed E-state index contributed by atoms with van der Waals surface area (Å²) < 4.78 is 5.85. The molecule has 1 atom stereocenters. The van der Waals surface area contributed by atoms with Gasteiger partial charge in [-0.3, -0.25) is 14.8 Å². The highest BCUT2D eigenvalue weighted by Gasteiger charge is 2.28. The summed E-state index contributed by atoms with van der Waals surface area (Å²) in [5.74, 6) is 0.830. The van der Waals surface area contributed by atoms with Gasteiger partial charge in [0.25, 0.3) is 5.91 Å². The topological polar surface area (TPSA) is 55.3 Å². The molecule has 3 heterocycles. The number of amides is 1. The second kappa shape index (κ2) is 5.69. The molecule has 0 aromatic carbocycles. The maximum absolute atomic E-state index is 12.3. The fourth-order valence-electron chi connectivity index (χ4n) is 2.30. The molecule has 1 fully saturated rings. The number of carbonyl (C=O) groups is 1. The van der Waals surface area contributed by atoms with Gasteiger partial charge >= 0.3 is 0 Å². The summed E-state index contributed by atoms with van der Waals surface area (Å²) >= 11 is 0. The first-order valence-electron chi connectivity index (χ1n) is 6.59. The number of hydrogen-bond acceptors (Lipinski definition) is 4. The molecular formula is C15H15N3O2. The molecule has 20 heavy (non-hydrogen) atoms. The molecule has 0 N–H and O–H groups in total. The van der Waals surface area contributed by atoms with Crippen LogP contribution < -0.4 is 4.74 Å². The molecule has 3 rings (SSSR count). The smallest absolute Gasteiger partial charge is 0.254 e. The van der Waals surface area contributed by atoms with Crippen LogP contribution >= 0.6 is 0 Å². The van der Waals surface area contributed by atoms with E-state index in [0.717, 1.165) is 18.7 Å². The molecule has 5 nitrogen and oxygen atoms in total. The van der Waals surface area contributed by atoms with Gasteiger partial charge in [-0.1, -0.05) is 0 Å². The molecule has 1 saturated heterocycles. The average molecular weight is 269 g/mol. The highest BCUT2D eigenvalue weighted by Crippen LogP contribution is 2.19. The number of likely N-dealkylation sites (tertiary alicyclic amines) is 1. The van der Waals surface area contributed by atoms with E-state index in [2.05, 4.69) is 9.97 Å². The van der Waals surface area contributed by atoms with E-state index in [4.69, 9.17) is 4.74 Å². The van der Waals surface area contributed by atoms with Crippen molar-refractivity contribution < 1.29 is 9.53 Å². The van der Waals surface area contributed by atoms with Gasteiger partial charge in [0, 0.05) is 43.3 Å². The van der Waals surface area contributed by atoms with Gasteiger partial charge in [-0.15, -0.1) is 0 Å². The highest BCUT2D eigenvalue weighted by molar-refractivity contribution is 5.94. The van der Waals surface area contributed by atoms with Crippen LogP contribution in [0.1, 0.15) is 16.8 Å². The average Bonchev–Trinajstić information content (AvgIpc) is 2.97. The van der Waals surface area contributed by atoms with Crippen LogP contribution in [-0.2, 0) is 0 Å². The Morgan fingerprint density at radius 3 is 2.45 bits per heavy atom. The van der Waals surface area contributed by atoms with Crippen LogP contribution in [0.5, 0.6) is 5.75 Å². The zero-order valence-electron chi connectivity index (χ0n) is 11.0. The van der Waals surface area contributed by atoms with Crippen LogP contribution in [0.25, 0.3) is 0 Å². The second-order valence-electron chi connectivity index (χ2n) is 4.70. The van der Waals surface area contributed by atoms with Crippen molar-refractivity contribution in [3.05, 3.63) is 54.6 Å². The van der Waals surface area contributed by atoms with Crippen LogP contribution in [-0.4, -0.2) is 40.0 Å². The van der Waals surface area contributed by atoms with Gasteiger partial charge in [-0.05, 0) is 24.3 Å². The van der Waals surface area contributed by atoms with Crippen molar-refractivity contribution >= 4 is 5.91 Å². The minimum atomic E-state index is 0.0354. The van der Waals surface area contributed by atoms with Crippen molar-refractivity contribution in [3.63, 3.8) is 0 Å². The van der Waals surface area contributed by atoms with Crippen LogP contribution in [0.3, 0.4) is 0 Å². The minimum Gasteiger partial charge on any atom is -0.488 e. The van der Waals surface area contributed by atoms with Crippen molar-refractivity contribution in [1.29, 1.82) is 0 Å². The van der Waals surface area contributed by atoms with E-state index in [-0.39, 0.29) is 12.0 Å². The molecule has 5 heteroatoms. The number of nitrogens with zero attached hydrogens (tertiary/aromatic N) is 3. The summed E-state index contributed by atoms with van der Waals surface area (Å²) in [6.45, 7) is 1.33. The van der Waals surface area contributed by atoms with Gasteiger partial charge in [-0.2, -0.15) is 0 Å². The molecule has 0 spiro atoms. The predicted octanol–water partition coefficient (Wildman–Crippen LogP) is 1.77. The van der Waals surface area contributed by atoms with Gasteiger partial charge in [0.2, 0.25) is 0 Å². The zero-order chi connectivity index (χ0) is 13.8. The molecule has 2 aromatic rings. The third kappa shape index (κ3) is 2.77. The number of pyridine rings is 2. The summed E-state index contributed by atoms with van der Waals surface area (Å²) in [6.07, 6.45) is 7.55. The molecule has 0 aliphatic carbocycles. The zero-order valence-corrected chi connectivity index (χ0v) is 11.0. The van der Waals surface area contributed by atoms with E-state index < -0.39 is 0 Å².